The van der Waals surface area contributed by atoms with E-state index in [1.165, 1.54) is 7.98 Å². The zero-order chi connectivity index (χ0) is 2.71. The molecule has 7 heteroatoms. The highest BCUT2D eigenvalue weighted by Crippen LogP contribution is 1.23. The van der Waals surface area contributed by atoms with Crippen LogP contribution in [0.5, 0.6) is 0 Å². The lowest BCUT2D eigenvalue weighted by molar-refractivity contribution is 1.11. The molecule has 0 amide bonds. The van der Waals surface area contributed by atoms with Crippen LogP contribution in [-0.2, 0) is 0 Å². The maximum absolute atomic E-state index is 8.56. The summed E-state index contributed by atoms with van der Waals surface area (Å²) in [6, 6.07) is 0. The largest absolute Gasteiger partial charge is 0.302 e. The third kappa shape index (κ3) is 163. The van der Waals surface area contributed by atoms with Crippen LogP contribution in [-0.4, -0.2) is 7.98 Å². The number of nitroso groups, excluding NO2 is 1. The molecule has 0 aliphatic rings. The van der Waals surface area contributed by atoms with E-state index in [4.69, 9.17) is 4.91 Å². The highest BCUT2D eigenvalue weighted by Gasteiger charge is 1.25. The van der Waals surface area contributed by atoms with Crippen molar-refractivity contribution in [3.05, 3.63) is 4.91 Å². The van der Waals surface area contributed by atoms with Gasteiger partial charge in [-0.3, -0.25) is 18.8 Å². The van der Waals surface area contributed by atoms with Crippen LogP contribution in [0, 0.1) is 4.91 Å². The van der Waals surface area contributed by atoms with Crippen LogP contribution in [0.1, 0.15) is 0 Å². The molecule has 0 aromatic heterocycles. The van der Waals surface area contributed by atoms with Crippen LogP contribution >= 0.6 is 0 Å². The van der Waals surface area contributed by atoms with Gasteiger partial charge in [-0.25, -0.2) is 0 Å². The van der Waals surface area contributed by atoms with Crippen molar-refractivity contribution in [3.8, 4) is 0 Å². The molecule has 0 fully saturated rings. The second-order valence-electron chi connectivity index (χ2n) is 0.183. The van der Waals surface area contributed by atoms with E-state index in [1.807, 2.05) is 0 Å². The zero-order valence-corrected chi connectivity index (χ0v) is 3.49. The SMILES string of the molecule is BN=O.F.F.F.F. The van der Waals surface area contributed by atoms with Gasteiger partial charge in [0.15, 0.2) is 0 Å². The summed E-state index contributed by atoms with van der Waals surface area (Å²) in [6.07, 6.45) is 0. The standard InChI is InChI=1S/BH2NO.4FH/c1-2-3;;;;/h1H2;4*1H. The fraction of sp³-hybridized carbons (Fsp3) is 0. The first-order chi connectivity index (χ1) is 1.41. The van der Waals surface area contributed by atoms with Crippen LogP contribution in [0.15, 0.2) is 5.09 Å². The zero-order valence-electron chi connectivity index (χ0n) is 3.49. The van der Waals surface area contributed by atoms with Crippen LogP contribution in [0.2, 0.25) is 0 Å². The highest BCUT2D eigenvalue weighted by molar-refractivity contribution is 6.05. The first kappa shape index (κ1) is 96.5. The van der Waals surface area contributed by atoms with Crippen molar-refractivity contribution in [1.82, 2.24) is 0 Å². The van der Waals surface area contributed by atoms with Crippen LogP contribution < -0.4 is 0 Å². The van der Waals surface area contributed by atoms with Crippen LogP contribution in [0.3, 0.4) is 0 Å². The summed E-state index contributed by atoms with van der Waals surface area (Å²) in [5.41, 5.74) is 0. The molecule has 0 aliphatic heterocycles. The molecule has 0 saturated carbocycles. The van der Waals surface area contributed by atoms with Crippen molar-refractivity contribution in [1.29, 1.82) is 0 Å². The third-order valence-corrected chi connectivity index (χ3v) is 0. The Hall–Kier alpha value is -0.615. The number of hydrogen-bond acceptors (Lipinski definition) is 2. The van der Waals surface area contributed by atoms with E-state index in [9.17, 15) is 0 Å². The maximum atomic E-state index is 8.56. The van der Waals surface area contributed by atoms with Crippen LogP contribution in [0.4, 0.5) is 18.8 Å². The number of halogens is 4. The first-order valence-electron chi connectivity index (χ1n) is 0.630. The van der Waals surface area contributed by atoms with Crippen LogP contribution in [0.25, 0.3) is 0 Å². The lowest BCUT2D eigenvalue weighted by Crippen LogP contribution is -1.29. The fourth-order valence-electron chi connectivity index (χ4n) is 0. The van der Waals surface area contributed by atoms with Gasteiger partial charge in [0.1, 0.15) is 0 Å². The van der Waals surface area contributed by atoms with E-state index in [0.29, 0.717) is 0 Å². The molecule has 0 N–H and O–H groups in total. The molecule has 0 aromatic carbocycles. The minimum Gasteiger partial charge on any atom is -0.269 e. The Morgan fingerprint density at radius 2 is 1.00 bits per heavy atom. The van der Waals surface area contributed by atoms with Gasteiger partial charge in [-0.05, 0) is 0 Å². The second-order valence-corrected chi connectivity index (χ2v) is 0.183. The molecule has 0 spiro atoms. The van der Waals surface area contributed by atoms with Gasteiger partial charge in [-0.1, -0.05) is 0 Å². The average Bonchev–Trinajstić information content (AvgIpc) is 0.918. The van der Waals surface area contributed by atoms with E-state index in [0.717, 1.165) is 0 Å². The van der Waals surface area contributed by atoms with Gasteiger partial charge in [0.05, 0.1) is 0 Å². The lowest BCUT2D eigenvalue weighted by atomic mass is 10.5. The smallest absolute Gasteiger partial charge is 0.269 e. The molecule has 0 radical (unpaired) electrons. The quantitative estimate of drug-likeness (QED) is 0.251. The summed E-state index contributed by atoms with van der Waals surface area (Å²) in [4.78, 5) is 8.56. The van der Waals surface area contributed by atoms with E-state index >= 15 is 0 Å². The third-order valence-electron chi connectivity index (χ3n) is 0. The Balaban J connectivity index is -0.00000000333. The molecule has 0 aromatic rings. The topological polar surface area (TPSA) is 29.4 Å². The Morgan fingerprint density at radius 1 is 1.00 bits per heavy atom. The summed E-state index contributed by atoms with van der Waals surface area (Å²) in [5, 5.41) is 2.25. The van der Waals surface area contributed by atoms with Crippen molar-refractivity contribution >= 4 is 7.98 Å². The summed E-state index contributed by atoms with van der Waals surface area (Å²) in [6.45, 7) is 0. The lowest BCUT2D eigenvalue weighted by Gasteiger charge is -1.25. The Kier molecular flexibility index (Phi) is 9640. The van der Waals surface area contributed by atoms with Gasteiger partial charge in [0, 0.05) is 0 Å². The van der Waals surface area contributed by atoms with Gasteiger partial charge >= 0.3 is 7.98 Å². The molecule has 2 nitrogen and oxygen atoms in total. The number of rotatable bonds is 0. The minimum absolute atomic E-state index is 0. The Labute approximate surface area is 38.2 Å². The van der Waals surface area contributed by atoms with E-state index in [-0.39, 0.29) is 18.8 Å². The predicted octanol–water partition coefficient (Wildman–Crippen LogP) is -0.0891. The van der Waals surface area contributed by atoms with E-state index in [2.05, 4.69) is 5.09 Å². The summed E-state index contributed by atoms with van der Waals surface area (Å²) in [7, 11) is 1.19. The molecular weight excluding hydrogens is 117 g/mol. The minimum atomic E-state index is 0. The van der Waals surface area contributed by atoms with Crippen molar-refractivity contribution < 1.29 is 18.8 Å². The monoisotopic (exact) mass is 123 g/mol. The molecule has 0 bridgehead atoms. The normalized spacial score (nSPS) is 1.71. The second kappa shape index (κ2) is 699. The molecule has 0 aliphatic carbocycles. The van der Waals surface area contributed by atoms with Crippen molar-refractivity contribution in [2.45, 2.75) is 0 Å². The van der Waals surface area contributed by atoms with Gasteiger partial charge < -0.3 is 0 Å². The van der Waals surface area contributed by atoms with Crippen molar-refractivity contribution in [3.63, 3.8) is 0 Å². The predicted molar refractivity (Wildman–Crippen MR) is 24.4 cm³/mol. The molecule has 48 valence electrons. The van der Waals surface area contributed by atoms with Gasteiger partial charge in [-0.2, -0.15) is 9.99 Å². The first-order valence-corrected chi connectivity index (χ1v) is 0.630. The van der Waals surface area contributed by atoms with Gasteiger partial charge in [0.2, 0.25) is 0 Å². The number of hydrogen-bond donors (Lipinski definition) is 0. The summed E-state index contributed by atoms with van der Waals surface area (Å²) in [5.74, 6) is 0. The number of nitrogens with zero attached hydrogens (tertiary/aromatic N) is 1. The molecule has 0 rings (SSSR count). The Bertz CT molecular complexity index is 19.2. The molecule has 0 unspecified atom stereocenters. The summed E-state index contributed by atoms with van der Waals surface area (Å²) >= 11 is 0. The molecular formula is H6BF4NO. The maximum Gasteiger partial charge on any atom is 0.302 e. The van der Waals surface area contributed by atoms with Crippen molar-refractivity contribution in [2.75, 3.05) is 0 Å². The van der Waals surface area contributed by atoms with E-state index < -0.39 is 0 Å². The molecule has 7 heavy (non-hydrogen) atoms. The average molecular weight is 123 g/mol. The fourth-order valence-corrected chi connectivity index (χ4v) is 0. The molecule has 0 atom stereocenters. The molecule has 0 heterocycles. The molecule has 0 saturated heterocycles. The van der Waals surface area contributed by atoms with Gasteiger partial charge in [0.25, 0.3) is 0 Å². The summed E-state index contributed by atoms with van der Waals surface area (Å²) < 4.78 is 0. The van der Waals surface area contributed by atoms with Crippen molar-refractivity contribution in [2.24, 2.45) is 5.09 Å². The highest BCUT2D eigenvalue weighted by atomic mass is 19.0. The van der Waals surface area contributed by atoms with E-state index in [1.54, 1.807) is 0 Å². The Morgan fingerprint density at radius 3 is 1.00 bits per heavy atom. The van der Waals surface area contributed by atoms with Gasteiger partial charge in [-0.15, -0.1) is 0 Å².